The highest BCUT2D eigenvalue weighted by Crippen LogP contribution is 2.50. The van der Waals surface area contributed by atoms with Gasteiger partial charge in [0.25, 0.3) is 0 Å². The van der Waals surface area contributed by atoms with Crippen molar-refractivity contribution in [2.45, 2.75) is 12.0 Å². The normalized spacial score (nSPS) is 15.0. The van der Waals surface area contributed by atoms with Crippen molar-refractivity contribution < 1.29 is 8.83 Å². The Labute approximate surface area is 436 Å². The number of aromatic nitrogens is 4. The van der Waals surface area contributed by atoms with Crippen molar-refractivity contribution in [1.82, 2.24) is 19.5 Å². The molecule has 0 fully saturated rings. The summed E-state index contributed by atoms with van der Waals surface area (Å²) >= 11 is 0. The number of nitrogens with zero attached hydrogens (tertiary/aromatic N) is 5. The Bertz CT molecular complexity index is 4540. The zero-order valence-electron chi connectivity index (χ0n) is 40.9. The summed E-state index contributed by atoms with van der Waals surface area (Å²) in [6, 6.07) is 79.6. The first-order valence-electron chi connectivity index (χ1n) is 25.8. The van der Waals surface area contributed by atoms with E-state index < -0.39 is 0 Å². The average molecular weight is 974 g/mol. The maximum absolute atomic E-state index is 6.43. The van der Waals surface area contributed by atoms with Crippen LogP contribution in [0.5, 0.6) is 0 Å². The van der Waals surface area contributed by atoms with Crippen molar-refractivity contribution in [2.75, 3.05) is 4.90 Å². The molecule has 2 unspecified atom stereocenters. The molecular formula is C69H43N5O2. The molecule has 10 aromatic carbocycles. The van der Waals surface area contributed by atoms with Gasteiger partial charge in [0.05, 0.1) is 22.8 Å². The molecule has 7 heteroatoms. The number of benzene rings is 10. The van der Waals surface area contributed by atoms with Crippen LogP contribution in [0.4, 0.5) is 11.4 Å². The highest BCUT2D eigenvalue weighted by molar-refractivity contribution is 6.12. The second-order valence-corrected chi connectivity index (χ2v) is 19.8. The minimum Gasteiger partial charge on any atom is -0.456 e. The van der Waals surface area contributed by atoms with Crippen LogP contribution in [0.3, 0.4) is 0 Å². The third kappa shape index (κ3) is 6.59. The summed E-state index contributed by atoms with van der Waals surface area (Å²) < 4.78 is 15.3. The van der Waals surface area contributed by atoms with Crippen LogP contribution in [0.1, 0.15) is 11.5 Å². The monoisotopic (exact) mass is 973 g/mol. The molecule has 0 spiro atoms. The summed E-state index contributed by atoms with van der Waals surface area (Å²) in [5.74, 6) is 1.89. The molecule has 1 aliphatic heterocycles. The predicted octanol–water partition coefficient (Wildman–Crippen LogP) is 17.8. The van der Waals surface area contributed by atoms with Gasteiger partial charge in [0.2, 0.25) is 0 Å². The third-order valence-electron chi connectivity index (χ3n) is 15.6. The Balaban J connectivity index is 0.940. The van der Waals surface area contributed by atoms with Crippen LogP contribution in [0.25, 0.3) is 128 Å². The van der Waals surface area contributed by atoms with Gasteiger partial charge in [0, 0.05) is 77.4 Å². The van der Waals surface area contributed by atoms with Crippen LogP contribution in [0.2, 0.25) is 0 Å². The lowest BCUT2D eigenvalue weighted by molar-refractivity contribution is 0.668. The first kappa shape index (κ1) is 42.4. The largest absolute Gasteiger partial charge is 0.456 e. The molecule has 0 bridgehead atoms. The fraction of sp³-hybridized carbons (Fsp3) is 0.0290. The van der Waals surface area contributed by atoms with Gasteiger partial charge in [-0.05, 0) is 95.6 Å². The number of para-hydroxylation sites is 4. The van der Waals surface area contributed by atoms with E-state index in [0.717, 1.165) is 105 Å². The SMILES string of the molecule is C1=CC2c3ccccc3N(c3ccc4c(c3)c3ccccc3n4-c3c(-c4ccccc4)cc(-c4nc(-c5ccc6c(c5)oc5ccccc56)nc(-c5ccc6c(c5)oc5ccccc56)n4)cc3-c3ccccc3)C2C=C1. The van der Waals surface area contributed by atoms with E-state index in [1.54, 1.807) is 0 Å². The molecule has 7 nitrogen and oxygen atoms in total. The molecule has 1 aliphatic carbocycles. The minimum atomic E-state index is 0.188. The molecule has 0 radical (unpaired) electrons. The lowest BCUT2D eigenvalue weighted by Crippen LogP contribution is -2.28. The summed E-state index contributed by atoms with van der Waals surface area (Å²) in [6.45, 7) is 0. The Morgan fingerprint density at radius 3 is 1.51 bits per heavy atom. The van der Waals surface area contributed by atoms with Crippen LogP contribution >= 0.6 is 0 Å². The number of fused-ring (bicyclic) bond motifs is 12. The topological polar surface area (TPSA) is 73.1 Å². The molecule has 0 saturated heterocycles. The number of rotatable bonds is 7. The molecule has 0 N–H and O–H groups in total. The number of furan rings is 2. The van der Waals surface area contributed by atoms with E-state index in [2.05, 4.69) is 210 Å². The second-order valence-electron chi connectivity index (χ2n) is 19.8. The summed E-state index contributed by atoms with van der Waals surface area (Å²) in [7, 11) is 0. The van der Waals surface area contributed by atoms with Gasteiger partial charge < -0.3 is 18.3 Å². The first-order valence-corrected chi connectivity index (χ1v) is 25.8. The van der Waals surface area contributed by atoms with Crippen molar-refractivity contribution >= 4 is 77.1 Å². The third-order valence-corrected chi connectivity index (χ3v) is 15.6. The number of hydrogen-bond donors (Lipinski definition) is 0. The van der Waals surface area contributed by atoms with Crippen LogP contribution in [-0.2, 0) is 0 Å². The molecule has 4 aromatic heterocycles. The van der Waals surface area contributed by atoms with Gasteiger partial charge in [0.1, 0.15) is 22.3 Å². The average Bonchev–Trinajstić information content (AvgIpc) is 4.32. The van der Waals surface area contributed by atoms with E-state index >= 15 is 0 Å². The molecular weight excluding hydrogens is 931 g/mol. The van der Waals surface area contributed by atoms with Crippen molar-refractivity contribution in [2.24, 2.45) is 0 Å². The highest BCUT2D eigenvalue weighted by Gasteiger charge is 2.37. The maximum atomic E-state index is 6.43. The Morgan fingerprint density at radius 1 is 0.355 bits per heavy atom. The maximum Gasteiger partial charge on any atom is 0.164 e. The second kappa shape index (κ2) is 16.7. The minimum absolute atomic E-state index is 0.188. The molecule has 356 valence electrons. The molecule has 5 heterocycles. The van der Waals surface area contributed by atoms with Gasteiger partial charge in [-0.1, -0.05) is 170 Å². The van der Waals surface area contributed by atoms with Crippen molar-refractivity contribution in [3.05, 3.63) is 254 Å². The van der Waals surface area contributed by atoms with Gasteiger partial charge in [0.15, 0.2) is 17.5 Å². The van der Waals surface area contributed by atoms with Gasteiger partial charge in [-0.25, -0.2) is 15.0 Å². The van der Waals surface area contributed by atoms with Gasteiger partial charge in [-0.3, -0.25) is 0 Å². The Morgan fingerprint density at radius 2 is 0.868 bits per heavy atom. The Hall–Kier alpha value is -10.1. The van der Waals surface area contributed by atoms with E-state index in [-0.39, 0.29) is 12.0 Å². The molecule has 14 aromatic rings. The van der Waals surface area contributed by atoms with Gasteiger partial charge in [-0.15, -0.1) is 0 Å². The number of allylic oxidation sites excluding steroid dienone is 2. The van der Waals surface area contributed by atoms with Crippen molar-refractivity contribution in [1.29, 1.82) is 0 Å². The highest BCUT2D eigenvalue weighted by atomic mass is 16.3. The lowest BCUT2D eigenvalue weighted by atomic mass is 9.91. The van der Waals surface area contributed by atoms with E-state index in [0.29, 0.717) is 17.5 Å². The lowest BCUT2D eigenvalue weighted by Gasteiger charge is -2.29. The zero-order chi connectivity index (χ0) is 49.8. The Kier molecular flexibility index (Phi) is 9.32. The van der Waals surface area contributed by atoms with Crippen molar-refractivity contribution in [3.8, 4) is 62.1 Å². The summed E-state index contributed by atoms with van der Waals surface area (Å²) in [4.78, 5) is 18.6. The van der Waals surface area contributed by atoms with Gasteiger partial charge >= 0.3 is 0 Å². The fourth-order valence-corrected chi connectivity index (χ4v) is 12.1. The van der Waals surface area contributed by atoms with E-state index in [1.165, 1.54) is 22.0 Å². The van der Waals surface area contributed by atoms with Crippen LogP contribution in [-0.4, -0.2) is 25.6 Å². The van der Waals surface area contributed by atoms with E-state index in [4.69, 9.17) is 23.8 Å². The molecule has 2 atom stereocenters. The predicted molar refractivity (Wildman–Crippen MR) is 309 cm³/mol. The standard InChI is InChI=1S/C69H43N5O2/c1-3-17-42(18-4-1)55-37-46(69-71-67(44-31-34-53-51-24-10-15-29-62(51)75-64(53)39-44)70-68(72-69)45-32-35-54-52-25-11-16-30-63(52)76-65(54)40-45)38-56(43-19-5-2-6-20-43)66(55)74-60-28-14-9-23-50(60)57-41-47(33-36-61(57)74)73-58-26-12-7-21-48(58)49-22-8-13-27-59(49)73/h1-41,48,58H. The van der Waals surface area contributed by atoms with E-state index in [9.17, 15) is 0 Å². The summed E-state index contributed by atoms with van der Waals surface area (Å²) in [5, 5.41) is 6.57. The summed E-state index contributed by atoms with van der Waals surface area (Å²) in [6.07, 6.45) is 9.05. The molecule has 2 aliphatic rings. The summed E-state index contributed by atoms with van der Waals surface area (Å²) in [5.41, 5.74) is 17.0. The molecule has 0 saturated carbocycles. The zero-order valence-corrected chi connectivity index (χ0v) is 40.9. The number of hydrogen-bond acceptors (Lipinski definition) is 6. The molecule has 16 rings (SSSR count). The molecule has 76 heavy (non-hydrogen) atoms. The first-order chi connectivity index (χ1) is 37.7. The van der Waals surface area contributed by atoms with Crippen LogP contribution < -0.4 is 4.90 Å². The van der Waals surface area contributed by atoms with Crippen LogP contribution in [0, 0.1) is 0 Å². The van der Waals surface area contributed by atoms with Crippen LogP contribution in [0.15, 0.2) is 258 Å². The quantitative estimate of drug-likeness (QED) is 0.158. The number of anilines is 2. The fourth-order valence-electron chi connectivity index (χ4n) is 12.1. The van der Waals surface area contributed by atoms with E-state index in [1.807, 2.05) is 48.5 Å². The smallest absolute Gasteiger partial charge is 0.164 e. The van der Waals surface area contributed by atoms with Crippen molar-refractivity contribution in [3.63, 3.8) is 0 Å². The van der Waals surface area contributed by atoms with Gasteiger partial charge in [-0.2, -0.15) is 0 Å². The molecule has 0 amide bonds.